The number of nitrogens with zero attached hydrogens (tertiary/aromatic N) is 1. The minimum absolute atomic E-state index is 0.206. The Hall–Kier alpha value is -1.14. The molecule has 0 spiro atoms. The lowest BCUT2D eigenvalue weighted by Gasteiger charge is -2.20. The Kier molecular flexibility index (Phi) is 11.9. The van der Waals surface area contributed by atoms with Gasteiger partial charge in [-0.1, -0.05) is 68.6 Å². The van der Waals surface area contributed by atoms with Crippen LogP contribution in [0.2, 0.25) is 0 Å². The Labute approximate surface area is 136 Å². The highest BCUT2D eigenvalue weighted by atomic mass is 32.2. The number of benzene rings is 1. The predicted molar refractivity (Wildman–Crippen MR) is 93.9 cm³/mol. The molecule has 0 unspecified atom stereocenters. The molecule has 1 rings (SSSR count). The van der Waals surface area contributed by atoms with Gasteiger partial charge in [-0.2, -0.15) is 0 Å². The van der Waals surface area contributed by atoms with Gasteiger partial charge in [0, 0.05) is 18.8 Å². The summed E-state index contributed by atoms with van der Waals surface area (Å²) in [5.74, 6) is 0.767. The van der Waals surface area contributed by atoms with Gasteiger partial charge in [-0.15, -0.1) is 0 Å². The maximum Gasteiger partial charge on any atom is 0.281 e. The minimum Gasteiger partial charge on any atom is -0.361 e. The third kappa shape index (κ3) is 11.2. The highest BCUT2D eigenvalue weighted by Gasteiger charge is 2.11. The molecule has 1 aromatic carbocycles. The molecular formula is C15H24N2O2S2. The fraction of sp³-hybridized carbons (Fsp3) is 0.467. The summed E-state index contributed by atoms with van der Waals surface area (Å²) >= 11 is 4.51. The number of nitrogens with two attached hydrogens (primary N) is 1. The van der Waals surface area contributed by atoms with Crippen molar-refractivity contribution in [1.29, 1.82) is 0 Å². The largest absolute Gasteiger partial charge is 0.361 e. The lowest BCUT2D eigenvalue weighted by Crippen LogP contribution is -2.29. The van der Waals surface area contributed by atoms with Gasteiger partial charge in [0.25, 0.3) is 10.5 Å². The van der Waals surface area contributed by atoms with Gasteiger partial charge in [-0.05, 0) is 18.4 Å². The van der Waals surface area contributed by atoms with E-state index in [1.807, 2.05) is 23.1 Å². The molecule has 0 aliphatic rings. The van der Waals surface area contributed by atoms with Crippen molar-refractivity contribution in [1.82, 2.24) is 4.90 Å². The van der Waals surface area contributed by atoms with Crippen LogP contribution in [0.5, 0.6) is 0 Å². The standard InChI is InChI=1S/C14H21NOS.CH3NOS/c1-3-10-15(11-4-2)14(16)17-12-13-8-6-5-7-9-13;2-1(3)4/h5-9H,3-4,10-12H2,1-2H3;(H3,2,3,4). The molecule has 0 atom stereocenters. The SMILES string of the molecule is CCCN(CCC)C(=O)SCc1ccccc1.NC(=O)S. The Morgan fingerprint density at radius 3 is 2.05 bits per heavy atom. The van der Waals surface area contributed by atoms with E-state index in [2.05, 4.69) is 44.3 Å². The zero-order valence-corrected chi connectivity index (χ0v) is 14.3. The Morgan fingerprint density at radius 2 is 1.62 bits per heavy atom. The maximum atomic E-state index is 12.0. The Balaban J connectivity index is 0.000000885. The highest BCUT2D eigenvalue weighted by Crippen LogP contribution is 2.16. The number of carbonyl (C=O) groups excluding carboxylic acids is 2. The van der Waals surface area contributed by atoms with E-state index in [1.54, 1.807) is 0 Å². The number of thiol groups is 1. The van der Waals surface area contributed by atoms with Crippen LogP contribution < -0.4 is 5.73 Å². The summed E-state index contributed by atoms with van der Waals surface area (Å²) in [5.41, 5.74) is 5.54. The van der Waals surface area contributed by atoms with Crippen molar-refractivity contribution in [2.24, 2.45) is 5.73 Å². The predicted octanol–water partition coefficient (Wildman–Crippen LogP) is 4.16. The number of hydrogen-bond donors (Lipinski definition) is 2. The molecule has 0 radical (unpaired) electrons. The van der Waals surface area contributed by atoms with Gasteiger partial charge >= 0.3 is 0 Å². The zero-order chi connectivity index (χ0) is 16.1. The van der Waals surface area contributed by atoms with E-state index in [4.69, 9.17) is 4.79 Å². The molecule has 2 N–H and O–H groups in total. The van der Waals surface area contributed by atoms with Crippen molar-refractivity contribution in [2.75, 3.05) is 13.1 Å². The van der Waals surface area contributed by atoms with Crippen LogP contribution in [-0.4, -0.2) is 28.5 Å². The molecule has 21 heavy (non-hydrogen) atoms. The molecule has 6 heteroatoms. The van der Waals surface area contributed by atoms with Crippen molar-refractivity contribution in [3.05, 3.63) is 35.9 Å². The first kappa shape index (κ1) is 19.9. The van der Waals surface area contributed by atoms with Crippen LogP contribution in [0.3, 0.4) is 0 Å². The second-order valence-corrected chi connectivity index (χ2v) is 5.73. The summed E-state index contributed by atoms with van der Waals surface area (Å²) in [4.78, 5) is 23.0. The van der Waals surface area contributed by atoms with E-state index in [0.717, 1.165) is 31.7 Å². The monoisotopic (exact) mass is 328 g/mol. The number of carbonyl (C=O) groups is 2. The first-order valence-corrected chi connectivity index (χ1v) is 8.38. The first-order valence-electron chi connectivity index (χ1n) is 6.95. The average molecular weight is 329 g/mol. The molecule has 0 bridgehead atoms. The van der Waals surface area contributed by atoms with Crippen LogP contribution >= 0.6 is 24.4 Å². The molecule has 0 aliphatic heterocycles. The normalized spacial score (nSPS) is 9.48. The molecule has 1 aromatic rings. The van der Waals surface area contributed by atoms with Gasteiger partial charge in [0.2, 0.25) is 0 Å². The van der Waals surface area contributed by atoms with Gasteiger partial charge in [0.15, 0.2) is 0 Å². The van der Waals surface area contributed by atoms with E-state index in [0.29, 0.717) is 0 Å². The minimum atomic E-state index is -0.639. The van der Waals surface area contributed by atoms with E-state index in [-0.39, 0.29) is 5.24 Å². The zero-order valence-electron chi connectivity index (χ0n) is 12.6. The van der Waals surface area contributed by atoms with Crippen molar-refractivity contribution in [3.63, 3.8) is 0 Å². The lowest BCUT2D eigenvalue weighted by atomic mass is 10.2. The fourth-order valence-corrected chi connectivity index (χ4v) is 2.49. The van der Waals surface area contributed by atoms with Crippen molar-refractivity contribution < 1.29 is 9.59 Å². The summed E-state index contributed by atoms with van der Waals surface area (Å²) < 4.78 is 0. The number of thioether (sulfide) groups is 1. The van der Waals surface area contributed by atoms with Gasteiger partial charge in [-0.3, -0.25) is 9.59 Å². The van der Waals surface area contributed by atoms with Crippen LogP contribution in [0.25, 0.3) is 0 Å². The lowest BCUT2D eigenvalue weighted by molar-refractivity contribution is 0.223. The Morgan fingerprint density at radius 1 is 1.14 bits per heavy atom. The Bertz CT molecular complexity index is 403. The molecule has 0 heterocycles. The summed E-state index contributed by atoms with van der Waals surface area (Å²) in [5, 5.41) is -0.433. The van der Waals surface area contributed by atoms with Crippen molar-refractivity contribution in [3.8, 4) is 0 Å². The third-order valence-electron chi connectivity index (χ3n) is 2.45. The first-order chi connectivity index (χ1) is 10.0. The van der Waals surface area contributed by atoms with Gasteiger partial charge in [-0.25, -0.2) is 0 Å². The topological polar surface area (TPSA) is 63.4 Å². The van der Waals surface area contributed by atoms with Gasteiger partial charge < -0.3 is 10.6 Å². The fourth-order valence-electron chi connectivity index (χ4n) is 1.64. The number of rotatable bonds is 6. The molecule has 0 aliphatic carbocycles. The summed E-state index contributed by atoms with van der Waals surface area (Å²) in [7, 11) is 0. The smallest absolute Gasteiger partial charge is 0.281 e. The van der Waals surface area contributed by atoms with E-state index >= 15 is 0 Å². The van der Waals surface area contributed by atoms with Gasteiger partial charge in [0.1, 0.15) is 0 Å². The van der Waals surface area contributed by atoms with Crippen LogP contribution in [0, 0.1) is 0 Å². The molecule has 0 saturated heterocycles. The molecule has 118 valence electrons. The number of primary amides is 1. The third-order valence-corrected chi connectivity index (χ3v) is 3.43. The molecule has 4 nitrogen and oxygen atoms in total. The second-order valence-electron chi connectivity index (χ2n) is 4.37. The van der Waals surface area contributed by atoms with Crippen molar-refractivity contribution >= 4 is 34.9 Å². The average Bonchev–Trinajstić information content (AvgIpc) is 2.45. The maximum absolute atomic E-state index is 12.0. The second kappa shape index (κ2) is 12.6. The number of amides is 2. The van der Waals surface area contributed by atoms with Gasteiger partial charge in [0.05, 0.1) is 0 Å². The van der Waals surface area contributed by atoms with Crippen LogP contribution in [0.4, 0.5) is 9.59 Å². The quantitative estimate of drug-likeness (QED) is 0.771. The molecule has 2 amide bonds. The molecule has 0 fully saturated rings. The highest BCUT2D eigenvalue weighted by molar-refractivity contribution is 8.12. The summed E-state index contributed by atoms with van der Waals surface area (Å²) in [6, 6.07) is 10.1. The molecule has 0 aromatic heterocycles. The van der Waals surface area contributed by atoms with Crippen LogP contribution in [0.1, 0.15) is 32.3 Å². The summed E-state index contributed by atoms with van der Waals surface area (Å²) in [6.45, 7) is 5.96. The molecular weight excluding hydrogens is 304 g/mol. The van der Waals surface area contributed by atoms with Crippen LogP contribution in [0.15, 0.2) is 30.3 Å². The van der Waals surface area contributed by atoms with E-state index in [9.17, 15) is 4.79 Å². The van der Waals surface area contributed by atoms with E-state index in [1.165, 1.54) is 17.3 Å². The molecule has 0 saturated carbocycles. The van der Waals surface area contributed by atoms with Crippen LogP contribution in [-0.2, 0) is 5.75 Å². The summed E-state index contributed by atoms with van der Waals surface area (Å²) in [6.07, 6.45) is 2.05. The van der Waals surface area contributed by atoms with E-state index < -0.39 is 5.24 Å². The van der Waals surface area contributed by atoms with Crippen molar-refractivity contribution in [2.45, 2.75) is 32.4 Å². The number of hydrogen-bond acceptors (Lipinski definition) is 3.